The van der Waals surface area contributed by atoms with Crippen molar-refractivity contribution >= 4 is 5.78 Å². The first-order valence-electron chi connectivity index (χ1n) is 15.4. The Morgan fingerprint density at radius 1 is 1.05 bits per heavy atom. The number of fused-ring (bicyclic) bond motifs is 4. The van der Waals surface area contributed by atoms with Crippen molar-refractivity contribution in [2.75, 3.05) is 6.61 Å². The van der Waals surface area contributed by atoms with Gasteiger partial charge in [-0.2, -0.15) is 0 Å². The maximum atomic E-state index is 12.7. The van der Waals surface area contributed by atoms with E-state index >= 15 is 0 Å². The van der Waals surface area contributed by atoms with E-state index in [4.69, 9.17) is 9.47 Å². The number of carbonyl (C=O) groups is 1. The van der Waals surface area contributed by atoms with E-state index in [0.717, 1.165) is 24.8 Å². The molecule has 7 rings (SSSR count). The van der Waals surface area contributed by atoms with Crippen LogP contribution in [0.25, 0.3) is 0 Å². The summed E-state index contributed by atoms with van der Waals surface area (Å²) in [5, 5.41) is 65.6. The molecule has 0 aromatic heterocycles. The lowest BCUT2D eigenvalue weighted by Crippen LogP contribution is -2.60. The summed E-state index contributed by atoms with van der Waals surface area (Å²) >= 11 is 0. The first kappa shape index (κ1) is 28.4. The number of hydrogen-bond acceptors (Lipinski definition) is 9. The highest BCUT2D eigenvalue weighted by Crippen LogP contribution is 2.88. The quantitative estimate of drug-likeness (QED) is 0.272. The topological polar surface area (TPSA) is 157 Å². The third-order valence-corrected chi connectivity index (χ3v) is 13.8. The third kappa shape index (κ3) is 3.09. The minimum Gasteiger partial charge on any atom is -0.504 e. The number of Topliss-reactive ketones (excluding diaryl/α,β-unsaturated/α-hetero) is 1. The van der Waals surface area contributed by atoms with Gasteiger partial charge in [-0.15, -0.1) is 0 Å². The van der Waals surface area contributed by atoms with Crippen molar-refractivity contribution in [3.05, 3.63) is 23.0 Å². The van der Waals surface area contributed by atoms with Gasteiger partial charge in [-0.1, -0.05) is 46.3 Å². The van der Waals surface area contributed by atoms with Gasteiger partial charge < -0.3 is 40.1 Å². The predicted molar refractivity (Wildman–Crippen MR) is 146 cm³/mol. The lowest BCUT2D eigenvalue weighted by atomic mass is 9.44. The number of carbonyl (C=O) groups excluding carboxylic acids is 1. The van der Waals surface area contributed by atoms with Gasteiger partial charge in [0.25, 0.3) is 0 Å². The van der Waals surface area contributed by atoms with E-state index in [1.807, 2.05) is 6.92 Å². The van der Waals surface area contributed by atoms with Gasteiger partial charge in [0.1, 0.15) is 18.3 Å². The molecule has 0 radical (unpaired) electrons. The summed E-state index contributed by atoms with van der Waals surface area (Å²) in [6.07, 6.45) is -0.679. The van der Waals surface area contributed by atoms with Crippen LogP contribution in [-0.4, -0.2) is 85.9 Å². The van der Waals surface area contributed by atoms with Gasteiger partial charge in [0.15, 0.2) is 17.8 Å². The second-order valence-corrected chi connectivity index (χ2v) is 15.6. The molecule has 2 spiro atoms. The summed E-state index contributed by atoms with van der Waals surface area (Å²) in [6.45, 7) is 10.5. The maximum absolute atomic E-state index is 12.7. The lowest BCUT2D eigenvalue weighted by Gasteiger charge is -2.61. The number of aliphatic hydroxyl groups excluding tert-OH is 6. The molecule has 9 nitrogen and oxygen atoms in total. The molecule has 0 amide bonds. The molecule has 6 aliphatic carbocycles. The number of rotatable bonds is 2. The van der Waals surface area contributed by atoms with Crippen LogP contribution in [0, 0.1) is 44.8 Å². The summed E-state index contributed by atoms with van der Waals surface area (Å²) in [7, 11) is 0. The van der Waals surface area contributed by atoms with Gasteiger partial charge in [0.05, 0.1) is 24.9 Å². The van der Waals surface area contributed by atoms with Crippen molar-refractivity contribution in [3.8, 4) is 0 Å². The molecule has 14 atom stereocenters. The zero-order valence-corrected chi connectivity index (χ0v) is 24.7. The maximum Gasteiger partial charge on any atom is 0.197 e. The van der Waals surface area contributed by atoms with E-state index in [1.54, 1.807) is 0 Å². The van der Waals surface area contributed by atoms with Gasteiger partial charge in [-0.25, -0.2) is 0 Å². The zero-order chi connectivity index (χ0) is 29.7. The van der Waals surface area contributed by atoms with Gasteiger partial charge in [0, 0.05) is 22.8 Å². The fourth-order valence-corrected chi connectivity index (χ4v) is 11.7. The summed E-state index contributed by atoms with van der Waals surface area (Å²) < 4.78 is 11.9. The van der Waals surface area contributed by atoms with Gasteiger partial charge in [0.2, 0.25) is 0 Å². The van der Waals surface area contributed by atoms with Crippen LogP contribution in [-0.2, 0) is 14.3 Å². The van der Waals surface area contributed by atoms with Crippen LogP contribution in [0.3, 0.4) is 0 Å². The highest BCUT2D eigenvalue weighted by atomic mass is 16.7. The Morgan fingerprint density at radius 2 is 1.76 bits per heavy atom. The number of ketones is 1. The fourth-order valence-electron chi connectivity index (χ4n) is 11.7. The smallest absolute Gasteiger partial charge is 0.197 e. The SMILES string of the molecule is CC1CC(=O)C(O)=C2C1C1(C)CC(O)C34CC35CCC(OC3OCC(O)C(O)C3O)C(C)(C)C5CC=C4C1(C)C2O. The Bertz CT molecular complexity index is 1240. The molecule has 0 aromatic carbocycles. The van der Waals surface area contributed by atoms with E-state index in [2.05, 4.69) is 33.8 Å². The molecular weight excluding hydrogens is 528 g/mol. The zero-order valence-electron chi connectivity index (χ0n) is 24.7. The average Bonchev–Trinajstić information content (AvgIpc) is 3.56. The Kier molecular flexibility index (Phi) is 5.85. The molecule has 14 unspecified atom stereocenters. The number of hydrogen-bond donors (Lipinski definition) is 6. The van der Waals surface area contributed by atoms with Crippen LogP contribution in [0.1, 0.15) is 73.1 Å². The molecule has 0 bridgehead atoms. The van der Waals surface area contributed by atoms with Crippen molar-refractivity contribution in [2.45, 2.75) is 116 Å². The highest BCUT2D eigenvalue weighted by Gasteiger charge is 2.85. The van der Waals surface area contributed by atoms with Crippen LogP contribution < -0.4 is 0 Å². The van der Waals surface area contributed by atoms with Crippen LogP contribution >= 0.6 is 0 Å². The van der Waals surface area contributed by atoms with Crippen LogP contribution in [0.4, 0.5) is 0 Å². The number of ether oxygens (including phenoxy) is 2. The second kappa shape index (κ2) is 8.43. The van der Waals surface area contributed by atoms with Crippen LogP contribution in [0.15, 0.2) is 23.0 Å². The summed E-state index contributed by atoms with van der Waals surface area (Å²) in [6, 6.07) is 0. The highest BCUT2D eigenvalue weighted by molar-refractivity contribution is 5.95. The Hall–Kier alpha value is -1.33. The minimum absolute atomic E-state index is 0.0373. The molecule has 5 fully saturated rings. The molecule has 1 heterocycles. The van der Waals surface area contributed by atoms with E-state index in [-0.39, 0.29) is 59.3 Å². The molecule has 1 saturated heterocycles. The van der Waals surface area contributed by atoms with Crippen LogP contribution in [0.5, 0.6) is 0 Å². The fraction of sp³-hybridized carbons (Fsp3) is 0.844. The van der Waals surface area contributed by atoms with E-state index in [0.29, 0.717) is 18.4 Å². The standard InChI is InChI=1S/C32H46O9/c1-14-10-15(33)23(36)21-22(14)29(4)11-19(35)32-13-31(32)9-8-20(41-27-25(38)24(37)16(34)12-40-27)28(2,3)17(31)6-7-18(32)30(29,5)26(21)39/h7,14,16-17,19-20,22,24-27,34-39H,6,8-13H2,1-5H3. The van der Waals surface area contributed by atoms with E-state index in [9.17, 15) is 35.4 Å². The van der Waals surface area contributed by atoms with Crippen molar-refractivity contribution < 1.29 is 44.9 Å². The number of aliphatic hydroxyl groups is 6. The minimum atomic E-state index is -1.35. The molecular formula is C32H46O9. The Balaban J connectivity index is 1.25. The molecule has 4 saturated carbocycles. The Labute approximate surface area is 241 Å². The normalized spacial score (nSPS) is 57.1. The second-order valence-electron chi connectivity index (χ2n) is 15.6. The summed E-state index contributed by atoms with van der Waals surface area (Å²) in [5.41, 5.74) is -0.665. The molecule has 0 aromatic rings. The van der Waals surface area contributed by atoms with Crippen molar-refractivity contribution in [2.24, 2.45) is 44.8 Å². The molecule has 7 aliphatic rings. The first-order chi connectivity index (χ1) is 19.1. The van der Waals surface area contributed by atoms with Gasteiger partial charge in [-0.05, 0) is 66.1 Å². The molecule has 9 heteroatoms. The first-order valence-corrected chi connectivity index (χ1v) is 15.4. The monoisotopic (exact) mass is 574 g/mol. The van der Waals surface area contributed by atoms with Crippen molar-refractivity contribution in [3.63, 3.8) is 0 Å². The molecule has 41 heavy (non-hydrogen) atoms. The summed E-state index contributed by atoms with van der Waals surface area (Å²) in [5.74, 6) is -0.630. The summed E-state index contributed by atoms with van der Waals surface area (Å²) in [4.78, 5) is 12.7. The van der Waals surface area contributed by atoms with Gasteiger partial charge >= 0.3 is 0 Å². The van der Waals surface area contributed by atoms with Crippen LogP contribution in [0.2, 0.25) is 0 Å². The van der Waals surface area contributed by atoms with E-state index in [1.165, 1.54) is 0 Å². The number of allylic oxidation sites excluding steroid dienone is 2. The average molecular weight is 575 g/mol. The predicted octanol–water partition coefficient (Wildman–Crippen LogP) is 2.14. The molecule has 6 N–H and O–H groups in total. The largest absolute Gasteiger partial charge is 0.504 e. The third-order valence-electron chi connectivity index (χ3n) is 13.8. The Morgan fingerprint density at radius 3 is 2.46 bits per heavy atom. The van der Waals surface area contributed by atoms with Crippen molar-refractivity contribution in [1.82, 2.24) is 0 Å². The van der Waals surface area contributed by atoms with E-state index < -0.39 is 53.1 Å². The van der Waals surface area contributed by atoms with Crippen molar-refractivity contribution in [1.29, 1.82) is 0 Å². The van der Waals surface area contributed by atoms with Gasteiger partial charge in [-0.3, -0.25) is 4.79 Å². The molecule has 1 aliphatic heterocycles. The lowest BCUT2D eigenvalue weighted by molar-refractivity contribution is -0.301. The molecule has 228 valence electrons.